The SMILES string of the molecule is CCOC(C)C(NN)c1cncc(OC(C)C)c1. The van der Waals surface area contributed by atoms with E-state index >= 15 is 0 Å². The van der Waals surface area contributed by atoms with Crippen LogP contribution in [-0.2, 0) is 4.74 Å². The van der Waals surface area contributed by atoms with Gasteiger partial charge in [-0.05, 0) is 39.3 Å². The van der Waals surface area contributed by atoms with E-state index in [1.807, 2.05) is 33.8 Å². The van der Waals surface area contributed by atoms with Crippen molar-refractivity contribution in [3.8, 4) is 5.75 Å². The lowest BCUT2D eigenvalue weighted by molar-refractivity contribution is 0.0471. The summed E-state index contributed by atoms with van der Waals surface area (Å²) < 4.78 is 11.2. The molecule has 0 radical (unpaired) electrons. The Kier molecular flexibility index (Phi) is 6.04. The second-order valence-electron chi connectivity index (χ2n) is 4.43. The van der Waals surface area contributed by atoms with Gasteiger partial charge < -0.3 is 9.47 Å². The summed E-state index contributed by atoms with van der Waals surface area (Å²) in [6, 6.07) is 1.83. The lowest BCUT2D eigenvalue weighted by Crippen LogP contribution is -2.36. The van der Waals surface area contributed by atoms with Crippen LogP contribution in [0.15, 0.2) is 18.5 Å². The Labute approximate surface area is 109 Å². The van der Waals surface area contributed by atoms with Gasteiger partial charge in [-0.1, -0.05) is 0 Å². The molecule has 0 fully saturated rings. The van der Waals surface area contributed by atoms with Gasteiger partial charge in [-0.25, -0.2) is 0 Å². The Morgan fingerprint density at radius 2 is 2.06 bits per heavy atom. The topological polar surface area (TPSA) is 69.4 Å². The molecule has 102 valence electrons. The van der Waals surface area contributed by atoms with Crippen molar-refractivity contribution in [1.82, 2.24) is 10.4 Å². The molecule has 0 aromatic carbocycles. The van der Waals surface area contributed by atoms with E-state index < -0.39 is 0 Å². The highest BCUT2D eigenvalue weighted by molar-refractivity contribution is 5.26. The molecule has 0 aliphatic rings. The molecule has 0 amide bonds. The van der Waals surface area contributed by atoms with E-state index in [4.69, 9.17) is 15.3 Å². The first-order valence-electron chi connectivity index (χ1n) is 6.27. The van der Waals surface area contributed by atoms with Crippen LogP contribution in [0.4, 0.5) is 0 Å². The minimum atomic E-state index is -0.104. The number of pyridine rings is 1. The second kappa shape index (κ2) is 7.31. The quantitative estimate of drug-likeness (QED) is 0.573. The predicted octanol–water partition coefficient (Wildman–Crippen LogP) is 1.80. The van der Waals surface area contributed by atoms with E-state index in [1.165, 1.54) is 0 Å². The van der Waals surface area contributed by atoms with Crippen molar-refractivity contribution in [1.29, 1.82) is 0 Å². The van der Waals surface area contributed by atoms with Crippen molar-refractivity contribution in [2.75, 3.05) is 6.61 Å². The number of nitrogens with one attached hydrogen (secondary N) is 1. The third-order valence-electron chi connectivity index (χ3n) is 2.54. The number of aromatic nitrogens is 1. The molecule has 0 spiro atoms. The fourth-order valence-electron chi connectivity index (χ4n) is 1.80. The highest BCUT2D eigenvalue weighted by Crippen LogP contribution is 2.22. The molecule has 0 bridgehead atoms. The van der Waals surface area contributed by atoms with Gasteiger partial charge in [-0.3, -0.25) is 16.3 Å². The van der Waals surface area contributed by atoms with Crippen molar-refractivity contribution in [3.63, 3.8) is 0 Å². The smallest absolute Gasteiger partial charge is 0.138 e. The van der Waals surface area contributed by atoms with E-state index in [9.17, 15) is 0 Å². The van der Waals surface area contributed by atoms with Crippen LogP contribution in [0.2, 0.25) is 0 Å². The Balaban J connectivity index is 2.85. The molecule has 0 aliphatic carbocycles. The molecular formula is C13H23N3O2. The first-order valence-corrected chi connectivity index (χ1v) is 6.27. The lowest BCUT2D eigenvalue weighted by atomic mass is 10.1. The van der Waals surface area contributed by atoms with Gasteiger partial charge in [0, 0.05) is 12.8 Å². The summed E-state index contributed by atoms with van der Waals surface area (Å²) in [5, 5.41) is 0. The molecular weight excluding hydrogens is 230 g/mol. The van der Waals surface area contributed by atoms with E-state index in [0.717, 1.165) is 11.3 Å². The minimum absolute atomic E-state index is 0.0314. The normalized spacial score (nSPS) is 14.6. The van der Waals surface area contributed by atoms with Crippen molar-refractivity contribution in [2.24, 2.45) is 5.84 Å². The Hall–Kier alpha value is -1.17. The van der Waals surface area contributed by atoms with Crippen LogP contribution in [0.1, 0.15) is 39.3 Å². The van der Waals surface area contributed by atoms with E-state index in [2.05, 4.69) is 10.4 Å². The maximum absolute atomic E-state index is 5.62. The Morgan fingerprint density at radius 1 is 1.33 bits per heavy atom. The van der Waals surface area contributed by atoms with Crippen LogP contribution in [0.3, 0.4) is 0 Å². The van der Waals surface area contributed by atoms with E-state index in [0.29, 0.717) is 6.61 Å². The fraction of sp³-hybridized carbons (Fsp3) is 0.615. The van der Waals surface area contributed by atoms with Gasteiger partial charge in [-0.2, -0.15) is 0 Å². The summed E-state index contributed by atoms with van der Waals surface area (Å²) in [4.78, 5) is 4.17. The third kappa shape index (κ3) is 4.25. The molecule has 0 saturated carbocycles. The third-order valence-corrected chi connectivity index (χ3v) is 2.54. The monoisotopic (exact) mass is 253 g/mol. The first-order chi connectivity index (χ1) is 8.58. The summed E-state index contributed by atoms with van der Waals surface area (Å²) in [6.07, 6.45) is 3.56. The molecule has 2 atom stereocenters. The number of hydrazine groups is 1. The number of nitrogens with two attached hydrogens (primary N) is 1. The first kappa shape index (κ1) is 14.9. The largest absolute Gasteiger partial charge is 0.489 e. The molecule has 18 heavy (non-hydrogen) atoms. The Morgan fingerprint density at radius 3 is 2.61 bits per heavy atom. The summed E-state index contributed by atoms with van der Waals surface area (Å²) >= 11 is 0. The second-order valence-corrected chi connectivity index (χ2v) is 4.43. The van der Waals surface area contributed by atoms with Gasteiger partial charge >= 0.3 is 0 Å². The standard InChI is InChI=1S/C13H23N3O2/c1-5-17-10(4)13(16-14)11-6-12(8-15-7-11)18-9(2)3/h6-10,13,16H,5,14H2,1-4H3. The van der Waals surface area contributed by atoms with Crippen molar-refractivity contribution < 1.29 is 9.47 Å². The number of hydrogen-bond acceptors (Lipinski definition) is 5. The van der Waals surface area contributed by atoms with Gasteiger partial charge in [-0.15, -0.1) is 0 Å². The van der Waals surface area contributed by atoms with Crippen LogP contribution in [0, 0.1) is 0 Å². The van der Waals surface area contributed by atoms with Crippen LogP contribution in [0.5, 0.6) is 5.75 Å². The molecule has 2 unspecified atom stereocenters. The fourth-order valence-corrected chi connectivity index (χ4v) is 1.80. The van der Waals surface area contributed by atoms with Gasteiger partial charge in [0.15, 0.2) is 0 Å². The molecule has 5 nitrogen and oxygen atoms in total. The average molecular weight is 253 g/mol. The summed E-state index contributed by atoms with van der Waals surface area (Å²) in [5.74, 6) is 6.33. The molecule has 0 aliphatic heterocycles. The van der Waals surface area contributed by atoms with Gasteiger partial charge in [0.05, 0.1) is 24.4 Å². The molecule has 0 saturated heterocycles. The summed E-state index contributed by atoms with van der Waals surface area (Å²) in [6.45, 7) is 8.54. The van der Waals surface area contributed by atoms with E-state index in [-0.39, 0.29) is 18.2 Å². The summed E-state index contributed by atoms with van der Waals surface area (Å²) in [5.41, 5.74) is 3.72. The highest BCUT2D eigenvalue weighted by atomic mass is 16.5. The van der Waals surface area contributed by atoms with E-state index in [1.54, 1.807) is 12.4 Å². The van der Waals surface area contributed by atoms with Crippen LogP contribution in [-0.4, -0.2) is 23.8 Å². The molecule has 1 rings (SSSR count). The highest BCUT2D eigenvalue weighted by Gasteiger charge is 2.19. The van der Waals surface area contributed by atoms with Crippen LogP contribution in [0.25, 0.3) is 0 Å². The van der Waals surface area contributed by atoms with Crippen molar-refractivity contribution >= 4 is 0 Å². The van der Waals surface area contributed by atoms with Crippen molar-refractivity contribution in [2.45, 2.75) is 45.9 Å². The Bertz CT molecular complexity index is 358. The van der Waals surface area contributed by atoms with Gasteiger partial charge in [0.1, 0.15) is 5.75 Å². The summed E-state index contributed by atoms with van der Waals surface area (Å²) in [7, 11) is 0. The number of hydrogen-bond donors (Lipinski definition) is 2. The molecule has 1 heterocycles. The number of rotatable bonds is 7. The molecule has 5 heteroatoms. The lowest BCUT2D eigenvalue weighted by Gasteiger charge is -2.23. The zero-order chi connectivity index (χ0) is 13.5. The van der Waals surface area contributed by atoms with Gasteiger partial charge in [0.25, 0.3) is 0 Å². The molecule has 1 aromatic heterocycles. The van der Waals surface area contributed by atoms with Crippen molar-refractivity contribution in [3.05, 3.63) is 24.0 Å². The average Bonchev–Trinajstić information content (AvgIpc) is 2.30. The zero-order valence-corrected chi connectivity index (χ0v) is 11.5. The number of nitrogens with zero attached hydrogens (tertiary/aromatic N) is 1. The zero-order valence-electron chi connectivity index (χ0n) is 11.5. The van der Waals surface area contributed by atoms with Crippen LogP contribution < -0.4 is 16.0 Å². The molecule has 3 N–H and O–H groups in total. The predicted molar refractivity (Wildman–Crippen MR) is 71.2 cm³/mol. The minimum Gasteiger partial charge on any atom is -0.489 e. The van der Waals surface area contributed by atoms with Crippen LogP contribution >= 0.6 is 0 Å². The number of ether oxygens (including phenoxy) is 2. The maximum Gasteiger partial charge on any atom is 0.138 e. The van der Waals surface area contributed by atoms with Gasteiger partial charge in [0.2, 0.25) is 0 Å². The molecule has 1 aromatic rings. The maximum atomic E-state index is 5.62.